The lowest BCUT2D eigenvalue weighted by Gasteiger charge is -2.19. The van der Waals surface area contributed by atoms with E-state index >= 15 is 0 Å². The van der Waals surface area contributed by atoms with Crippen molar-refractivity contribution in [2.45, 2.75) is 31.2 Å². The Bertz CT molecular complexity index is 743. The molecule has 0 atom stereocenters. The van der Waals surface area contributed by atoms with E-state index in [0.717, 1.165) is 17.7 Å². The van der Waals surface area contributed by atoms with Crippen LogP contribution in [0.5, 0.6) is 0 Å². The molecule has 138 valence electrons. The van der Waals surface area contributed by atoms with Gasteiger partial charge in [0, 0.05) is 5.69 Å². The predicted molar refractivity (Wildman–Crippen MR) is 87.4 cm³/mol. The molecule has 9 heteroatoms. The zero-order chi connectivity index (χ0) is 18.7. The molecule has 1 aliphatic heterocycles. The van der Waals surface area contributed by atoms with Gasteiger partial charge in [-0.25, -0.2) is 9.18 Å². The molecule has 1 aliphatic carbocycles. The Morgan fingerprint density at radius 3 is 2.50 bits per heavy atom. The molecule has 1 heterocycles. The number of ether oxygens (including phenoxy) is 1. The molecule has 1 saturated heterocycles. The number of anilines is 1. The average Bonchev–Trinajstić information content (AvgIpc) is 3.16. The lowest BCUT2D eigenvalue weighted by atomic mass is 9.98. The molecule has 1 aromatic rings. The Morgan fingerprint density at radius 2 is 1.85 bits per heavy atom. The molecule has 3 rings (SSSR count). The number of esters is 1. The van der Waals surface area contributed by atoms with Crippen LogP contribution in [0.1, 0.15) is 25.7 Å². The lowest BCUT2D eigenvalue weighted by molar-refractivity contribution is -0.150. The summed E-state index contributed by atoms with van der Waals surface area (Å²) in [5, 5.41) is 5.09. The number of hydrogen-bond acceptors (Lipinski definition) is 5. The van der Waals surface area contributed by atoms with Gasteiger partial charge in [0.2, 0.25) is 0 Å². The fraction of sp³-hybridized carbons (Fsp3) is 0.412. The van der Waals surface area contributed by atoms with Crippen LogP contribution in [0.25, 0.3) is 0 Å². The number of nitrogens with one attached hydrogen (secondary N) is 2. The van der Waals surface area contributed by atoms with Crippen molar-refractivity contribution in [3.63, 3.8) is 0 Å². The Morgan fingerprint density at radius 1 is 1.19 bits per heavy atom. The van der Waals surface area contributed by atoms with Gasteiger partial charge < -0.3 is 15.4 Å². The van der Waals surface area contributed by atoms with E-state index in [1.54, 1.807) is 0 Å². The highest BCUT2D eigenvalue weighted by atomic mass is 19.1. The lowest BCUT2D eigenvalue weighted by Crippen LogP contribution is -2.44. The van der Waals surface area contributed by atoms with Crippen LogP contribution in [-0.2, 0) is 19.1 Å². The van der Waals surface area contributed by atoms with Gasteiger partial charge in [-0.15, -0.1) is 0 Å². The minimum atomic E-state index is -0.892. The minimum absolute atomic E-state index is 0.352. The summed E-state index contributed by atoms with van der Waals surface area (Å²) in [7, 11) is 0. The number of imide groups is 1. The summed E-state index contributed by atoms with van der Waals surface area (Å²) in [5.41, 5.74) is -0.540. The molecule has 2 N–H and O–H groups in total. The third kappa shape index (κ3) is 3.66. The molecule has 1 spiro atoms. The van der Waals surface area contributed by atoms with Crippen LogP contribution in [0.4, 0.5) is 14.9 Å². The SMILES string of the molecule is O=C(COC(=O)CN1C(=O)NC2(CCCC2)C1=O)Nc1ccc(F)cc1. The third-order valence-corrected chi connectivity index (χ3v) is 4.48. The van der Waals surface area contributed by atoms with E-state index in [-0.39, 0.29) is 0 Å². The first-order chi connectivity index (χ1) is 12.4. The van der Waals surface area contributed by atoms with Crippen molar-refractivity contribution < 1.29 is 28.3 Å². The van der Waals surface area contributed by atoms with Crippen molar-refractivity contribution in [2.75, 3.05) is 18.5 Å². The van der Waals surface area contributed by atoms with Crippen molar-refractivity contribution in [1.29, 1.82) is 0 Å². The highest BCUT2D eigenvalue weighted by Crippen LogP contribution is 2.34. The van der Waals surface area contributed by atoms with Crippen LogP contribution < -0.4 is 10.6 Å². The van der Waals surface area contributed by atoms with Crippen molar-refractivity contribution in [2.24, 2.45) is 0 Å². The van der Waals surface area contributed by atoms with Crippen LogP contribution >= 0.6 is 0 Å². The highest BCUT2D eigenvalue weighted by molar-refractivity contribution is 6.09. The maximum atomic E-state index is 12.8. The number of amides is 4. The van der Waals surface area contributed by atoms with Crippen LogP contribution in [0.15, 0.2) is 24.3 Å². The summed E-state index contributed by atoms with van der Waals surface area (Å²) < 4.78 is 17.6. The van der Waals surface area contributed by atoms with Gasteiger partial charge in [0.25, 0.3) is 11.8 Å². The summed E-state index contributed by atoms with van der Waals surface area (Å²) in [6, 6.07) is 4.47. The first-order valence-corrected chi connectivity index (χ1v) is 8.25. The van der Waals surface area contributed by atoms with E-state index in [0.29, 0.717) is 18.5 Å². The molecule has 0 bridgehead atoms. The summed E-state index contributed by atoms with van der Waals surface area (Å²) in [6.07, 6.45) is 2.80. The van der Waals surface area contributed by atoms with Crippen LogP contribution in [-0.4, -0.2) is 47.4 Å². The van der Waals surface area contributed by atoms with Gasteiger partial charge in [-0.3, -0.25) is 19.3 Å². The molecule has 26 heavy (non-hydrogen) atoms. The highest BCUT2D eigenvalue weighted by Gasteiger charge is 2.52. The summed E-state index contributed by atoms with van der Waals surface area (Å²) in [6.45, 7) is -1.12. The molecule has 4 amide bonds. The maximum Gasteiger partial charge on any atom is 0.326 e. The quantitative estimate of drug-likeness (QED) is 0.604. The molecule has 2 fully saturated rings. The first kappa shape index (κ1) is 17.8. The Hall–Kier alpha value is -2.97. The summed E-state index contributed by atoms with van der Waals surface area (Å²) in [5.74, 6) is -2.34. The fourth-order valence-electron chi connectivity index (χ4n) is 3.19. The van der Waals surface area contributed by atoms with E-state index in [1.165, 1.54) is 24.3 Å². The molecule has 2 aliphatic rings. The van der Waals surface area contributed by atoms with Gasteiger partial charge in [0.05, 0.1) is 0 Å². The van der Waals surface area contributed by atoms with Gasteiger partial charge in [0.15, 0.2) is 6.61 Å². The predicted octanol–water partition coefficient (Wildman–Crippen LogP) is 1.17. The largest absolute Gasteiger partial charge is 0.454 e. The standard InChI is InChI=1S/C17H18FN3O5/c18-11-3-5-12(6-4-11)19-13(22)10-26-14(23)9-21-15(24)17(20-16(21)25)7-1-2-8-17/h3-6H,1-2,7-10H2,(H,19,22)(H,20,25). The molecule has 1 saturated carbocycles. The Balaban J connectivity index is 1.48. The molecular weight excluding hydrogens is 345 g/mol. The van der Waals surface area contributed by atoms with Gasteiger partial charge in [-0.1, -0.05) is 12.8 Å². The Kier molecular flexibility index (Phi) is 4.88. The zero-order valence-electron chi connectivity index (χ0n) is 13.9. The molecule has 0 aromatic heterocycles. The number of urea groups is 1. The molecule has 1 aromatic carbocycles. The molecule has 0 radical (unpaired) electrons. The minimum Gasteiger partial charge on any atom is -0.454 e. The van der Waals surface area contributed by atoms with Gasteiger partial charge >= 0.3 is 12.0 Å². The van der Waals surface area contributed by atoms with Crippen molar-refractivity contribution in [3.8, 4) is 0 Å². The van der Waals surface area contributed by atoms with E-state index in [4.69, 9.17) is 4.74 Å². The van der Waals surface area contributed by atoms with E-state index in [9.17, 15) is 23.6 Å². The van der Waals surface area contributed by atoms with Crippen molar-refractivity contribution in [3.05, 3.63) is 30.1 Å². The van der Waals surface area contributed by atoms with Crippen molar-refractivity contribution in [1.82, 2.24) is 10.2 Å². The van der Waals surface area contributed by atoms with Crippen molar-refractivity contribution >= 4 is 29.5 Å². The molecule has 0 unspecified atom stereocenters. The van der Waals surface area contributed by atoms with Gasteiger partial charge in [-0.2, -0.15) is 0 Å². The van der Waals surface area contributed by atoms with Crippen LogP contribution in [0, 0.1) is 5.82 Å². The normalized spacial score (nSPS) is 18.1. The first-order valence-electron chi connectivity index (χ1n) is 8.25. The van der Waals surface area contributed by atoms with E-state index in [2.05, 4.69) is 10.6 Å². The number of carbonyl (C=O) groups is 4. The maximum absolute atomic E-state index is 12.8. The monoisotopic (exact) mass is 363 g/mol. The average molecular weight is 363 g/mol. The van der Waals surface area contributed by atoms with E-state index < -0.39 is 48.3 Å². The number of hydrogen-bond donors (Lipinski definition) is 2. The number of benzene rings is 1. The second-order valence-electron chi connectivity index (χ2n) is 6.33. The number of rotatable bonds is 5. The summed E-state index contributed by atoms with van der Waals surface area (Å²) >= 11 is 0. The molecular formula is C17H18FN3O5. The topological polar surface area (TPSA) is 105 Å². The zero-order valence-corrected chi connectivity index (χ0v) is 13.9. The number of carbonyl (C=O) groups excluding carboxylic acids is 4. The third-order valence-electron chi connectivity index (χ3n) is 4.48. The second-order valence-corrected chi connectivity index (χ2v) is 6.33. The van der Waals surface area contributed by atoms with E-state index in [1.807, 2.05) is 0 Å². The smallest absolute Gasteiger partial charge is 0.326 e. The number of halogens is 1. The van der Waals surface area contributed by atoms with Gasteiger partial charge in [0.1, 0.15) is 17.9 Å². The number of nitrogens with zero attached hydrogens (tertiary/aromatic N) is 1. The summed E-state index contributed by atoms with van der Waals surface area (Å²) in [4.78, 5) is 48.8. The Labute approximate surface area is 148 Å². The second kappa shape index (κ2) is 7.11. The van der Waals surface area contributed by atoms with Crippen LogP contribution in [0.2, 0.25) is 0 Å². The fourth-order valence-corrected chi connectivity index (χ4v) is 3.19. The van der Waals surface area contributed by atoms with Crippen LogP contribution in [0.3, 0.4) is 0 Å². The molecule has 8 nitrogen and oxygen atoms in total. The van der Waals surface area contributed by atoms with Gasteiger partial charge in [-0.05, 0) is 37.1 Å².